The van der Waals surface area contributed by atoms with E-state index < -0.39 is 0 Å². The largest absolute Gasteiger partial charge is 0.310 e. The van der Waals surface area contributed by atoms with E-state index in [1.165, 1.54) is 44.3 Å². The Labute approximate surface area is 98.8 Å². The van der Waals surface area contributed by atoms with Crippen molar-refractivity contribution in [3.63, 3.8) is 0 Å². The molecule has 1 aliphatic carbocycles. The highest BCUT2D eigenvalue weighted by atomic mass is 32.2. The molecule has 0 bridgehead atoms. The molecule has 1 saturated carbocycles. The molecule has 1 N–H and O–H groups in total. The molecule has 3 atom stereocenters. The minimum atomic E-state index is 0.747. The first-order valence-corrected chi connectivity index (χ1v) is 7.70. The van der Waals surface area contributed by atoms with Crippen molar-refractivity contribution in [3.05, 3.63) is 0 Å². The van der Waals surface area contributed by atoms with Crippen LogP contribution in [0, 0.1) is 5.92 Å². The van der Waals surface area contributed by atoms with Gasteiger partial charge in [-0.1, -0.05) is 26.2 Å². The highest BCUT2D eigenvalue weighted by molar-refractivity contribution is 8.00. The van der Waals surface area contributed by atoms with Gasteiger partial charge in [0.05, 0.1) is 0 Å². The Morgan fingerprint density at radius 3 is 2.47 bits per heavy atom. The molecule has 2 fully saturated rings. The first kappa shape index (κ1) is 11.8. The Kier molecular flexibility index (Phi) is 4.39. The Morgan fingerprint density at radius 1 is 1.13 bits per heavy atom. The number of rotatable bonds is 3. The van der Waals surface area contributed by atoms with Crippen molar-refractivity contribution in [2.45, 2.75) is 69.7 Å². The zero-order valence-corrected chi connectivity index (χ0v) is 11.0. The highest BCUT2D eigenvalue weighted by Gasteiger charge is 2.28. The first-order chi connectivity index (χ1) is 7.27. The molecule has 15 heavy (non-hydrogen) atoms. The van der Waals surface area contributed by atoms with Crippen LogP contribution in [0.5, 0.6) is 0 Å². The summed E-state index contributed by atoms with van der Waals surface area (Å²) in [6, 6.07) is 1.53. The van der Waals surface area contributed by atoms with Gasteiger partial charge in [0.15, 0.2) is 0 Å². The van der Waals surface area contributed by atoms with Gasteiger partial charge in [0.25, 0.3) is 0 Å². The SMILES string of the molecule is CC(NC1CCSC1C)C1CCCCC1. The van der Waals surface area contributed by atoms with Gasteiger partial charge >= 0.3 is 0 Å². The van der Waals surface area contributed by atoms with Crippen molar-refractivity contribution in [3.8, 4) is 0 Å². The molecule has 0 radical (unpaired) electrons. The van der Waals surface area contributed by atoms with Gasteiger partial charge in [-0.25, -0.2) is 0 Å². The highest BCUT2D eigenvalue weighted by Crippen LogP contribution is 2.30. The zero-order chi connectivity index (χ0) is 10.7. The lowest BCUT2D eigenvalue weighted by Crippen LogP contribution is -2.43. The van der Waals surface area contributed by atoms with Crippen molar-refractivity contribution in [1.29, 1.82) is 0 Å². The predicted molar refractivity (Wildman–Crippen MR) is 69.5 cm³/mol. The van der Waals surface area contributed by atoms with Crippen LogP contribution in [0.25, 0.3) is 0 Å². The third kappa shape index (κ3) is 3.13. The van der Waals surface area contributed by atoms with Gasteiger partial charge in [-0.05, 0) is 37.9 Å². The second-order valence-electron chi connectivity index (χ2n) is 5.32. The molecule has 88 valence electrons. The van der Waals surface area contributed by atoms with Crippen LogP contribution in [0.1, 0.15) is 52.4 Å². The molecule has 2 rings (SSSR count). The summed E-state index contributed by atoms with van der Waals surface area (Å²) in [6.45, 7) is 4.79. The van der Waals surface area contributed by atoms with Gasteiger partial charge in [0.1, 0.15) is 0 Å². The molecule has 1 saturated heterocycles. The standard InChI is InChI=1S/C13H25NS/c1-10(12-6-4-3-5-7-12)14-13-8-9-15-11(13)2/h10-14H,3-9H2,1-2H3. The number of nitrogens with one attached hydrogen (secondary N) is 1. The van der Waals surface area contributed by atoms with E-state index in [0.717, 1.165) is 23.3 Å². The minimum absolute atomic E-state index is 0.747. The molecule has 0 aromatic rings. The fourth-order valence-electron chi connectivity index (χ4n) is 3.06. The number of hydrogen-bond donors (Lipinski definition) is 1. The average molecular weight is 227 g/mol. The van der Waals surface area contributed by atoms with E-state index in [9.17, 15) is 0 Å². The Morgan fingerprint density at radius 2 is 1.87 bits per heavy atom. The fourth-order valence-corrected chi connectivity index (χ4v) is 4.27. The van der Waals surface area contributed by atoms with Crippen LogP contribution in [-0.2, 0) is 0 Å². The summed E-state index contributed by atoms with van der Waals surface area (Å²) in [5.41, 5.74) is 0. The van der Waals surface area contributed by atoms with Gasteiger partial charge < -0.3 is 5.32 Å². The predicted octanol–water partition coefficient (Wildman–Crippen LogP) is 3.44. The molecule has 2 aliphatic rings. The van der Waals surface area contributed by atoms with Gasteiger partial charge in [-0.3, -0.25) is 0 Å². The van der Waals surface area contributed by atoms with Crippen LogP contribution in [-0.4, -0.2) is 23.1 Å². The molecule has 1 aliphatic heterocycles. The van der Waals surface area contributed by atoms with Crippen molar-refractivity contribution >= 4 is 11.8 Å². The smallest absolute Gasteiger partial charge is 0.0194 e. The van der Waals surface area contributed by atoms with Crippen molar-refractivity contribution in [2.75, 3.05) is 5.75 Å². The molecular weight excluding hydrogens is 202 g/mol. The lowest BCUT2D eigenvalue weighted by molar-refractivity contribution is 0.263. The maximum Gasteiger partial charge on any atom is 0.0194 e. The topological polar surface area (TPSA) is 12.0 Å². The van der Waals surface area contributed by atoms with Gasteiger partial charge in [-0.15, -0.1) is 0 Å². The molecule has 0 amide bonds. The van der Waals surface area contributed by atoms with Crippen LogP contribution < -0.4 is 5.32 Å². The lowest BCUT2D eigenvalue weighted by atomic mass is 9.84. The van der Waals surface area contributed by atoms with Crippen LogP contribution in [0.15, 0.2) is 0 Å². The Bertz CT molecular complexity index is 189. The van der Waals surface area contributed by atoms with Crippen molar-refractivity contribution in [1.82, 2.24) is 5.32 Å². The molecule has 3 unspecified atom stereocenters. The normalized spacial score (nSPS) is 35.6. The Hall–Kier alpha value is 0.310. The first-order valence-electron chi connectivity index (χ1n) is 6.65. The molecule has 0 spiro atoms. The van der Waals surface area contributed by atoms with E-state index in [-0.39, 0.29) is 0 Å². The maximum absolute atomic E-state index is 3.88. The summed E-state index contributed by atoms with van der Waals surface area (Å²) >= 11 is 2.13. The second kappa shape index (κ2) is 5.58. The van der Waals surface area contributed by atoms with E-state index in [1.807, 2.05) is 0 Å². The van der Waals surface area contributed by atoms with Gasteiger partial charge in [0.2, 0.25) is 0 Å². The van der Waals surface area contributed by atoms with Crippen LogP contribution in [0.3, 0.4) is 0 Å². The summed E-state index contributed by atoms with van der Waals surface area (Å²) in [5.74, 6) is 2.31. The van der Waals surface area contributed by atoms with Gasteiger partial charge in [0, 0.05) is 17.3 Å². The number of hydrogen-bond acceptors (Lipinski definition) is 2. The molecular formula is C13H25NS. The van der Waals surface area contributed by atoms with Gasteiger partial charge in [-0.2, -0.15) is 11.8 Å². The molecule has 0 aromatic heterocycles. The zero-order valence-electron chi connectivity index (χ0n) is 10.2. The maximum atomic E-state index is 3.88. The summed E-state index contributed by atoms with van der Waals surface area (Å²) in [6.07, 6.45) is 8.70. The van der Waals surface area contributed by atoms with E-state index >= 15 is 0 Å². The average Bonchev–Trinajstić information content (AvgIpc) is 2.66. The van der Waals surface area contributed by atoms with Crippen LogP contribution in [0.4, 0.5) is 0 Å². The van der Waals surface area contributed by atoms with E-state index in [0.29, 0.717) is 0 Å². The minimum Gasteiger partial charge on any atom is -0.310 e. The molecule has 2 heteroatoms. The van der Waals surface area contributed by atoms with E-state index in [2.05, 4.69) is 30.9 Å². The summed E-state index contributed by atoms with van der Waals surface area (Å²) in [4.78, 5) is 0. The van der Waals surface area contributed by atoms with Crippen LogP contribution >= 0.6 is 11.8 Å². The summed E-state index contributed by atoms with van der Waals surface area (Å²) < 4.78 is 0. The summed E-state index contributed by atoms with van der Waals surface area (Å²) in [5, 5.41) is 4.71. The third-order valence-corrected chi connectivity index (χ3v) is 5.54. The second-order valence-corrected chi connectivity index (χ2v) is 6.81. The van der Waals surface area contributed by atoms with Crippen molar-refractivity contribution in [2.24, 2.45) is 5.92 Å². The monoisotopic (exact) mass is 227 g/mol. The Balaban J connectivity index is 1.77. The molecule has 1 nitrogen and oxygen atoms in total. The quantitative estimate of drug-likeness (QED) is 0.792. The van der Waals surface area contributed by atoms with E-state index in [4.69, 9.17) is 0 Å². The number of thioether (sulfide) groups is 1. The van der Waals surface area contributed by atoms with Crippen LogP contribution in [0.2, 0.25) is 0 Å². The molecule has 0 aromatic carbocycles. The third-order valence-electron chi connectivity index (χ3n) is 4.21. The van der Waals surface area contributed by atoms with E-state index in [1.54, 1.807) is 0 Å². The van der Waals surface area contributed by atoms with Crippen molar-refractivity contribution < 1.29 is 0 Å². The lowest BCUT2D eigenvalue weighted by Gasteiger charge is -2.31. The fraction of sp³-hybridized carbons (Fsp3) is 1.00. The summed E-state index contributed by atoms with van der Waals surface area (Å²) in [7, 11) is 0. The molecule has 1 heterocycles.